The lowest BCUT2D eigenvalue weighted by Gasteiger charge is -2.26. The number of fused-ring (bicyclic) bond motifs is 2. The van der Waals surface area contributed by atoms with Crippen LogP contribution in [0.4, 0.5) is 0 Å². The lowest BCUT2D eigenvalue weighted by Crippen LogP contribution is -2.21. The predicted octanol–water partition coefficient (Wildman–Crippen LogP) is 5.74. The van der Waals surface area contributed by atoms with Crippen LogP contribution in [0.3, 0.4) is 0 Å². The van der Waals surface area contributed by atoms with Gasteiger partial charge in [-0.25, -0.2) is 4.79 Å². The van der Waals surface area contributed by atoms with E-state index in [0.29, 0.717) is 34.8 Å². The molecule has 3 aromatic carbocycles. The van der Waals surface area contributed by atoms with Gasteiger partial charge in [0, 0.05) is 22.6 Å². The minimum atomic E-state index is -0.618. The first-order chi connectivity index (χ1) is 17.5. The van der Waals surface area contributed by atoms with Gasteiger partial charge in [-0.1, -0.05) is 49.1 Å². The summed E-state index contributed by atoms with van der Waals surface area (Å²) in [6.07, 6.45) is 1.67. The molecule has 0 saturated carbocycles. The maximum Gasteiger partial charge on any atom is 0.379 e. The van der Waals surface area contributed by atoms with Crippen LogP contribution in [0.25, 0.3) is 11.0 Å². The second-order valence-corrected chi connectivity index (χ2v) is 8.24. The summed E-state index contributed by atoms with van der Waals surface area (Å²) in [4.78, 5) is 12.9. The third-order valence-electron chi connectivity index (χ3n) is 6.01. The van der Waals surface area contributed by atoms with Crippen LogP contribution in [-0.4, -0.2) is 12.6 Å². The number of nitrogens with two attached hydrogens (primary N) is 1. The SMILES string of the molecule is C=CCOc1ccc(C2C(C#N)=C(N)Oc3cc(OC(=O)c4oc5ccccc5c4C)ccc32)cc1. The van der Waals surface area contributed by atoms with Crippen LogP contribution in [0.15, 0.2) is 95.3 Å². The first-order valence-electron chi connectivity index (χ1n) is 11.3. The Morgan fingerprint density at radius 3 is 2.61 bits per heavy atom. The topological polar surface area (TPSA) is 108 Å². The number of para-hydroxylation sites is 1. The van der Waals surface area contributed by atoms with Crippen molar-refractivity contribution in [3.63, 3.8) is 0 Å². The number of nitrogens with zero attached hydrogens (tertiary/aromatic N) is 1. The zero-order valence-corrected chi connectivity index (χ0v) is 19.5. The molecule has 0 aliphatic carbocycles. The first-order valence-corrected chi connectivity index (χ1v) is 11.3. The molecule has 0 amide bonds. The minimum Gasteiger partial charge on any atom is -0.490 e. The molecule has 4 aromatic rings. The van der Waals surface area contributed by atoms with Gasteiger partial charge < -0.3 is 24.4 Å². The number of benzene rings is 3. The number of esters is 1. The molecule has 0 radical (unpaired) electrons. The molecule has 0 spiro atoms. The Morgan fingerprint density at radius 2 is 1.89 bits per heavy atom. The van der Waals surface area contributed by atoms with Crippen molar-refractivity contribution < 1.29 is 23.4 Å². The maximum absolute atomic E-state index is 12.9. The number of carbonyl (C=O) groups is 1. The van der Waals surface area contributed by atoms with Crippen LogP contribution in [0.5, 0.6) is 17.2 Å². The normalized spacial score (nSPS) is 14.5. The number of hydrogen-bond acceptors (Lipinski definition) is 7. The van der Waals surface area contributed by atoms with Gasteiger partial charge in [0.2, 0.25) is 11.6 Å². The molecule has 1 aliphatic heterocycles. The molecule has 1 aromatic heterocycles. The first kappa shape index (κ1) is 22.8. The van der Waals surface area contributed by atoms with Gasteiger partial charge in [0.15, 0.2) is 0 Å². The lowest BCUT2D eigenvalue weighted by molar-refractivity contribution is 0.0702. The van der Waals surface area contributed by atoms with Crippen LogP contribution < -0.4 is 19.9 Å². The predicted molar refractivity (Wildman–Crippen MR) is 134 cm³/mol. The second-order valence-electron chi connectivity index (χ2n) is 8.24. The van der Waals surface area contributed by atoms with Gasteiger partial charge in [-0.15, -0.1) is 0 Å². The van der Waals surface area contributed by atoms with E-state index in [-0.39, 0.29) is 17.4 Å². The molecule has 1 atom stereocenters. The molecule has 1 aliphatic rings. The van der Waals surface area contributed by atoms with Gasteiger partial charge in [-0.2, -0.15) is 5.26 Å². The average Bonchev–Trinajstić information content (AvgIpc) is 3.23. The van der Waals surface area contributed by atoms with E-state index >= 15 is 0 Å². The summed E-state index contributed by atoms with van der Waals surface area (Å²) in [6.45, 7) is 5.85. The monoisotopic (exact) mass is 478 g/mol. The zero-order chi connectivity index (χ0) is 25.2. The van der Waals surface area contributed by atoms with Crippen molar-refractivity contribution in [2.75, 3.05) is 6.61 Å². The van der Waals surface area contributed by atoms with E-state index in [0.717, 1.165) is 16.5 Å². The van der Waals surface area contributed by atoms with Crippen molar-refractivity contribution in [1.29, 1.82) is 5.26 Å². The summed E-state index contributed by atoms with van der Waals surface area (Å²) in [5.41, 5.74) is 9.29. The zero-order valence-electron chi connectivity index (χ0n) is 19.5. The average molecular weight is 479 g/mol. The molecule has 0 bridgehead atoms. The number of nitriles is 1. The maximum atomic E-state index is 12.9. The van der Waals surface area contributed by atoms with Gasteiger partial charge in [0.05, 0.1) is 5.92 Å². The number of hydrogen-bond donors (Lipinski definition) is 1. The minimum absolute atomic E-state index is 0.00131. The van der Waals surface area contributed by atoms with E-state index in [1.54, 1.807) is 30.3 Å². The Morgan fingerprint density at radius 1 is 1.14 bits per heavy atom. The van der Waals surface area contributed by atoms with E-state index in [4.69, 9.17) is 24.4 Å². The van der Waals surface area contributed by atoms with Crippen molar-refractivity contribution >= 4 is 16.9 Å². The number of allylic oxidation sites excluding steroid dienone is 1. The van der Waals surface area contributed by atoms with Gasteiger partial charge >= 0.3 is 5.97 Å². The Bertz CT molecular complexity index is 1560. The highest BCUT2D eigenvalue weighted by Gasteiger charge is 2.31. The van der Waals surface area contributed by atoms with Crippen LogP contribution in [0, 0.1) is 18.3 Å². The summed E-state index contributed by atoms with van der Waals surface area (Å²) in [7, 11) is 0. The third-order valence-corrected chi connectivity index (χ3v) is 6.01. The molecule has 7 nitrogen and oxygen atoms in total. The molecule has 1 unspecified atom stereocenters. The van der Waals surface area contributed by atoms with Gasteiger partial charge in [0.1, 0.15) is 41.1 Å². The fourth-order valence-corrected chi connectivity index (χ4v) is 4.28. The van der Waals surface area contributed by atoms with E-state index in [2.05, 4.69) is 12.6 Å². The van der Waals surface area contributed by atoms with Crippen LogP contribution in [0.2, 0.25) is 0 Å². The molecular weight excluding hydrogens is 456 g/mol. The van der Waals surface area contributed by atoms with Crippen LogP contribution >= 0.6 is 0 Å². The van der Waals surface area contributed by atoms with Gasteiger partial charge in [0.25, 0.3) is 0 Å². The smallest absolute Gasteiger partial charge is 0.379 e. The summed E-state index contributed by atoms with van der Waals surface area (Å²) >= 11 is 0. The Kier molecular flexibility index (Phi) is 5.93. The van der Waals surface area contributed by atoms with Crippen LogP contribution in [-0.2, 0) is 0 Å². The largest absolute Gasteiger partial charge is 0.490 e. The second kappa shape index (κ2) is 9.35. The molecule has 0 fully saturated rings. The molecule has 2 N–H and O–H groups in total. The summed E-state index contributed by atoms with van der Waals surface area (Å²) in [6, 6.07) is 22.0. The van der Waals surface area contributed by atoms with Crippen LogP contribution in [0.1, 0.15) is 33.2 Å². The molecule has 178 valence electrons. The van der Waals surface area contributed by atoms with E-state index in [1.165, 1.54) is 0 Å². The summed E-state index contributed by atoms with van der Waals surface area (Å²) in [5, 5.41) is 10.6. The van der Waals surface area contributed by atoms with Gasteiger partial charge in [-0.3, -0.25) is 0 Å². The molecule has 0 saturated heterocycles. The number of aryl methyl sites for hydroxylation is 1. The van der Waals surface area contributed by atoms with Crippen molar-refractivity contribution in [3.05, 3.63) is 113 Å². The Balaban J connectivity index is 1.45. The quantitative estimate of drug-likeness (QED) is 0.214. The molecule has 7 heteroatoms. The highest BCUT2D eigenvalue weighted by Crippen LogP contribution is 2.43. The van der Waals surface area contributed by atoms with E-state index in [1.807, 2.05) is 49.4 Å². The summed E-state index contributed by atoms with van der Waals surface area (Å²) in [5.74, 6) is 0.413. The third kappa shape index (κ3) is 4.05. The molecule has 2 heterocycles. The number of ether oxygens (including phenoxy) is 3. The molecular formula is C29H22N2O5. The van der Waals surface area contributed by atoms with Gasteiger partial charge in [-0.05, 0) is 36.8 Å². The van der Waals surface area contributed by atoms with E-state index < -0.39 is 11.9 Å². The highest BCUT2D eigenvalue weighted by atomic mass is 16.5. The number of furan rings is 1. The van der Waals surface area contributed by atoms with Crippen molar-refractivity contribution in [3.8, 4) is 23.3 Å². The Labute approximate surface area is 207 Å². The lowest BCUT2D eigenvalue weighted by atomic mass is 9.83. The fraction of sp³-hybridized carbons (Fsp3) is 0.103. The number of carbonyl (C=O) groups excluding carboxylic acids is 1. The number of rotatable bonds is 6. The fourth-order valence-electron chi connectivity index (χ4n) is 4.28. The Hall–Kier alpha value is -4.96. The van der Waals surface area contributed by atoms with Crippen molar-refractivity contribution in [2.45, 2.75) is 12.8 Å². The molecule has 36 heavy (non-hydrogen) atoms. The summed E-state index contributed by atoms with van der Waals surface area (Å²) < 4.78 is 22.6. The standard InChI is InChI=1S/C29H22N2O5/c1-3-14-33-19-10-8-18(9-11-19)26-22-13-12-20(15-25(22)36-28(31)23(26)16-30)34-29(32)27-17(2)21-6-4-5-7-24(21)35-27/h3-13,15,26H,1,14,31H2,2H3. The van der Waals surface area contributed by atoms with E-state index in [9.17, 15) is 10.1 Å². The molecule has 5 rings (SSSR count). The van der Waals surface area contributed by atoms with Crippen molar-refractivity contribution in [1.82, 2.24) is 0 Å². The highest BCUT2D eigenvalue weighted by molar-refractivity contribution is 5.96. The van der Waals surface area contributed by atoms with Crippen molar-refractivity contribution in [2.24, 2.45) is 5.73 Å².